The van der Waals surface area contributed by atoms with E-state index in [1.165, 1.54) is 11.1 Å². The van der Waals surface area contributed by atoms with Crippen molar-refractivity contribution in [1.82, 2.24) is 4.90 Å². The molecule has 0 aliphatic heterocycles. The van der Waals surface area contributed by atoms with Crippen molar-refractivity contribution in [3.63, 3.8) is 0 Å². The van der Waals surface area contributed by atoms with E-state index in [1.54, 1.807) is 0 Å². The van der Waals surface area contributed by atoms with Gasteiger partial charge in [-0.25, -0.2) is 0 Å². The van der Waals surface area contributed by atoms with Crippen LogP contribution in [0.5, 0.6) is 0 Å². The molecule has 7 nitrogen and oxygen atoms in total. The van der Waals surface area contributed by atoms with Crippen molar-refractivity contribution in [2.45, 2.75) is 18.6 Å². The van der Waals surface area contributed by atoms with Crippen LogP contribution in [0.2, 0.25) is 0 Å². The predicted molar refractivity (Wildman–Crippen MR) is 107 cm³/mol. The molecule has 2 aromatic carbocycles. The Morgan fingerprint density at radius 3 is 1.75 bits per heavy atom. The fraction of sp³-hybridized carbons (Fsp3) is 0.333. The Morgan fingerprint density at radius 2 is 1.43 bits per heavy atom. The Morgan fingerprint density at radius 1 is 0.964 bits per heavy atom. The summed E-state index contributed by atoms with van der Waals surface area (Å²) in [5.41, 5.74) is 7.24. The molecule has 28 heavy (non-hydrogen) atoms. The smallest absolute Gasteiger partial charge is 0.321 e. The second-order valence-electron chi connectivity index (χ2n) is 6.42. The van der Waals surface area contributed by atoms with Crippen LogP contribution in [0.15, 0.2) is 60.7 Å². The zero-order valence-electron chi connectivity index (χ0n) is 16.2. The molecule has 1 atom stereocenters. The summed E-state index contributed by atoms with van der Waals surface area (Å²) in [7, 11) is 4.12. The molecule has 0 saturated heterocycles. The zero-order chi connectivity index (χ0) is 20.9. The molecule has 2 rings (SSSR count). The van der Waals surface area contributed by atoms with Crippen molar-refractivity contribution in [3.05, 3.63) is 71.8 Å². The average molecular weight is 388 g/mol. The number of aliphatic carboxylic acids is 2. The summed E-state index contributed by atoms with van der Waals surface area (Å²) in [5.74, 6) is -2.50. The van der Waals surface area contributed by atoms with Gasteiger partial charge < -0.3 is 25.6 Å². The van der Waals surface area contributed by atoms with Crippen LogP contribution in [0, 0.1) is 0 Å². The summed E-state index contributed by atoms with van der Waals surface area (Å²) in [4.78, 5) is 21.7. The Kier molecular flexibility index (Phi) is 10.5. The minimum absolute atomic E-state index is 0.0161. The highest BCUT2D eigenvalue weighted by Gasteiger charge is 2.15. The maximum atomic E-state index is 9.85. The van der Waals surface area contributed by atoms with E-state index in [2.05, 4.69) is 67.5 Å². The third-order valence-corrected chi connectivity index (χ3v) is 3.74. The van der Waals surface area contributed by atoms with Gasteiger partial charge in [0.05, 0.1) is 13.0 Å². The molecule has 2 aromatic rings. The minimum Gasteiger partial charge on any atom is -0.481 e. The van der Waals surface area contributed by atoms with Crippen molar-refractivity contribution in [3.8, 4) is 0 Å². The predicted octanol–water partition coefficient (Wildman–Crippen LogP) is 2.23. The SMILES string of the molecule is CN(C)CCOC(c1ccccc1)c1ccccc1.NC(CC(=O)O)C(=O)O. The molecule has 0 aromatic heterocycles. The second kappa shape index (κ2) is 12.6. The van der Waals surface area contributed by atoms with Gasteiger partial charge in [-0.05, 0) is 25.2 Å². The third-order valence-electron chi connectivity index (χ3n) is 3.74. The molecule has 0 aliphatic carbocycles. The molecule has 0 radical (unpaired) electrons. The van der Waals surface area contributed by atoms with Gasteiger partial charge in [0.25, 0.3) is 0 Å². The van der Waals surface area contributed by atoms with Gasteiger partial charge in [-0.2, -0.15) is 0 Å². The van der Waals surface area contributed by atoms with E-state index in [0.717, 1.165) is 13.2 Å². The number of likely N-dealkylation sites (N-methyl/N-ethyl adjacent to an activating group) is 1. The van der Waals surface area contributed by atoms with Gasteiger partial charge in [0.2, 0.25) is 0 Å². The second-order valence-corrected chi connectivity index (χ2v) is 6.42. The van der Waals surface area contributed by atoms with E-state index in [0.29, 0.717) is 0 Å². The maximum Gasteiger partial charge on any atom is 0.321 e. The molecule has 152 valence electrons. The molecule has 0 saturated carbocycles. The summed E-state index contributed by atoms with van der Waals surface area (Å²) in [6.45, 7) is 1.65. The number of nitrogens with two attached hydrogens (primary N) is 1. The minimum atomic E-state index is -1.29. The summed E-state index contributed by atoms with van der Waals surface area (Å²) in [5, 5.41) is 16.0. The highest BCUT2D eigenvalue weighted by molar-refractivity contribution is 5.80. The fourth-order valence-electron chi connectivity index (χ4n) is 2.27. The van der Waals surface area contributed by atoms with Crippen LogP contribution in [-0.4, -0.2) is 60.3 Å². The van der Waals surface area contributed by atoms with Crippen LogP contribution in [0.25, 0.3) is 0 Å². The molecule has 0 spiro atoms. The quantitative estimate of drug-likeness (QED) is 0.604. The highest BCUT2D eigenvalue weighted by Crippen LogP contribution is 2.25. The lowest BCUT2D eigenvalue weighted by Crippen LogP contribution is -2.32. The van der Waals surface area contributed by atoms with Gasteiger partial charge in [0.15, 0.2) is 0 Å². The van der Waals surface area contributed by atoms with Crippen LogP contribution in [0.3, 0.4) is 0 Å². The molecular weight excluding hydrogens is 360 g/mol. The first-order valence-electron chi connectivity index (χ1n) is 8.87. The first kappa shape index (κ1) is 23.3. The van der Waals surface area contributed by atoms with E-state index >= 15 is 0 Å². The largest absolute Gasteiger partial charge is 0.481 e. The molecule has 0 bridgehead atoms. The normalized spacial score (nSPS) is 11.6. The monoisotopic (exact) mass is 388 g/mol. The number of nitrogens with zero attached hydrogens (tertiary/aromatic N) is 1. The number of carbonyl (C=O) groups is 2. The number of benzene rings is 2. The third kappa shape index (κ3) is 9.27. The summed E-state index contributed by atoms with van der Waals surface area (Å²) < 4.78 is 6.08. The van der Waals surface area contributed by atoms with Gasteiger partial charge in [0, 0.05) is 6.54 Å². The Labute approximate surface area is 165 Å². The standard InChI is InChI=1S/C17H21NO.C4H7NO4/c1-18(2)13-14-19-17(15-9-5-3-6-10-15)16-11-7-4-8-12-16;5-2(4(8)9)1-3(6)7/h3-12,17H,13-14H2,1-2H3;2H,1,5H2,(H,6,7)(H,8,9). The number of hydrogen-bond donors (Lipinski definition) is 3. The molecule has 0 fully saturated rings. The molecular formula is C21H28N2O5. The Bertz CT molecular complexity index is 668. The van der Waals surface area contributed by atoms with E-state index in [4.69, 9.17) is 20.7 Å². The molecule has 0 aliphatic rings. The first-order chi connectivity index (χ1) is 13.3. The first-order valence-corrected chi connectivity index (χ1v) is 8.87. The van der Waals surface area contributed by atoms with Gasteiger partial charge >= 0.3 is 11.9 Å². The fourth-order valence-corrected chi connectivity index (χ4v) is 2.27. The summed E-state index contributed by atoms with van der Waals surface area (Å²) in [6.07, 6.45) is -0.516. The molecule has 7 heteroatoms. The average Bonchev–Trinajstić information content (AvgIpc) is 2.66. The van der Waals surface area contributed by atoms with Crippen LogP contribution < -0.4 is 5.73 Å². The van der Waals surface area contributed by atoms with Crippen LogP contribution in [0.4, 0.5) is 0 Å². The number of hydrogen-bond acceptors (Lipinski definition) is 5. The number of rotatable bonds is 9. The van der Waals surface area contributed by atoms with E-state index in [1.807, 2.05) is 12.1 Å². The number of carboxylic acid groups (broad SMARTS) is 2. The lowest BCUT2D eigenvalue weighted by atomic mass is 10.0. The van der Waals surface area contributed by atoms with Crippen LogP contribution in [-0.2, 0) is 14.3 Å². The van der Waals surface area contributed by atoms with Crippen molar-refractivity contribution < 1.29 is 24.5 Å². The van der Waals surface area contributed by atoms with Gasteiger partial charge in [-0.3, -0.25) is 9.59 Å². The van der Waals surface area contributed by atoms with Crippen molar-refractivity contribution in [1.29, 1.82) is 0 Å². The Balaban J connectivity index is 0.000000370. The van der Waals surface area contributed by atoms with Gasteiger partial charge in [-0.15, -0.1) is 0 Å². The summed E-state index contributed by atoms with van der Waals surface area (Å²) in [6, 6.07) is 19.5. The summed E-state index contributed by atoms with van der Waals surface area (Å²) >= 11 is 0. The topological polar surface area (TPSA) is 113 Å². The van der Waals surface area contributed by atoms with E-state index < -0.39 is 24.4 Å². The van der Waals surface area contributed by atoms with Crippen molar-refractivity contribution in [2.75, 3.05) is 27.2 Å². The van der Waals surface area contributed by atoms with Crippen LogP contribution >= 0.6 is 0 Å². The van der Waals surface area contributed by atoms with E-state index in [9.17, 15) is 9.59 Å². The van der Waals surface area contributed by atoms with Gasteiger partial charge in [0.1, 0.15) is 12.1 Å². The van der Waals surface area contributed by atoms with Crippen LogP contribution in [0.1, 0.15) is 23.7 Å². The zero-order valence-corrected chi connectivity index (χ0v) is 16.2. The van der Waals surface area contributed by atoms with E-state index in [-0.39, 0.29) is 6.10 Å². The molecule has 0 amide bonds. The molecule has 4 N–H and O–H groups in total. The Hall–Kier alpha value is -2.74. The number of carboxylic acids is 2. The lowest BCUT2D eigenvalue weighted by molar-refractivity contribution is -0.144. The van der Waals surface area contributed by atoms with Gasteiger partial charge in [-0.1, -0.05) is 60.7 Å². The molecule has 0 heterocycles. The highest BCUT2D eigenvalue weighted by atomic mass is 16.5. The van der Waals surface area contributed by atoms with Crippen molar-refractivity contribution >= 4 is 11.9 Å². The maximum absolute atomic E-state index is 9.85. The van der Waals surface area contributed by atoms with Crippen molar-refractivity contribution in [2.24, 2.45) is 5.73 Å². The number of ether oxygens (including phenoxy) is 1. The lowest BCUT2D eigenvalue weighted by Gasteiger charge is -2.20. The molecule has 1 unspecified atom stereocenters.